The normalized spacial score (nSPS) is 17.0. The van der Waals surface area contributed by atoms with Gasteiger partial charge < -0.3 is 19.4 Å². The summed E-state index contributed by atoms with van der Waals surface area (Å²) in [6.07, 6.45) is 4.39. The number of piperazine rings is 1. The van der Waals surface area contributed by atoms with Gasteiger partial charge in [0.2, 0.25) is 5.91 Å². The lowest BCUT2D eigenvalue weighted by atomic mass is 9.97. The van der Waals surface area contributed by atoms with E-state index in [1.807, 2.05) is 30.3 Å². The zero-order chi connectivity index (χ0) is 24.6. The van der Waals surface area contributed by atoms with Crippen molar-refractivity contribution in [3.63, 3.8) is 0 Å². The summed E-state index contributed by atoms with van der Waals surface area (Å²) in [6.45, 7) is 3.00. The Labute approximate surface area is 204 Å². The van der Waals surface area contributed by atoms with Crippen molar-refractivity contribution >= 4 is 29.5 Å². The van der Waals surface area contributed by atoms with Crippen molar-refractivity contribution in [2.24, 2.45) is 5.92 Å². The van der Waals surface area contributed by atoms with Gasteiger partial charge in [0, 0.05) is 51.0 Å². The third-order valence-electron chi connectivity index (χ3n) is 6.52. The first-order chi connectivity index (χ1) is 17.0. The Morgan fingerprint density at radius 1 is 0.857 bits per heavy atom. The summed E-state index contributed by atoms with van der Waals surface area (Å²) >= 11 is 0. The van der Waals surface area contributed by atoms with E-state index in [2.05, 4.69) is 4.90 Å². The van der Waals surface area contributed by atoms with Gasteiger partial charge in [-0.05, 0) is 48.7 Å². The Morgan fingerprint density at radius 3 is 2.17 bits per heavy atom. The van der Waals surface area contributed by atoms with Crippen LogP contribution in [0.25, 0.3) is 6.08 Å². The quantitative estimate of drug-likeness (QED) is 0.471. The van der Waals surface area contributed by atoms with E-state index in [1.54, 1.807) is 34.1 Å². The van der Waals surface area contributed by atoms with Gasteiger partial charge in [-0.3, -0.25) is 14.4 Å². The zero-order valence-electron chi connectivity index (χ0n) is 19.6. The number of amides is 2. The van der Waals surface area contributed by atoms with Gasteiger partial charge in [-0.25, -0.2) is 4.39 Å². The van der Waals surface area contributed by atoms with Gasteiger partial charge in [0.1, 0.15) is 5.82 Å². The Bertz CT molecular complexity index is 1040. The molecule has 2 saturated heterocycles. The number of carbonyl (C=O) groups excluding carboxylic acids is 3. The Morgan fingerprint density at radius 2 is 1.51 bits per heavy atom. The van der Waals surface area contributed by atoms with E-state index in [1.165, 1.54) is 12.1 Å². The molecule has 0 atom stereocenters. The number of piperidine rings is 1. The van der Waals surface area contributed by atoms with Crippen LogP contribution in [0.15, 0.2) is 60.7 Å². The molecule has 0 unspecified atom stereocenters. The summed E-state index contributed by atoms with van der Waals surface area (Å²) in [5.41, 5.74) is 1.88. The molecule has 0 aliphatic carbocycles. The first-order valence-corrected chi connectivity index (χ1v) is 12.0. The average Bonchev–Trinajstić information content (AvgIpc) is 2.91. The molecule has 2 aliphatic rings. The third kappa shape index (κ3) is 6.68. The average molecular weight is 480 g/mol. The van der Waals surface area contributed by atoms with Crippen molar-refractivity contribution in [1.82, 2.24) is 9.80 Å². The Balaban J connectivity index is 1.16. The molecular weight excluding hydrogens is 449 g/mol. The number of hydrogen-bond acceptors (Lipinski definition) is 5. The smallest absolute Gasteiger partial charge is 0.309 e. The van der Waals surface area contributed by atoms with Crippen LogP contribution in [0.5, 0.6) is 0 Å². The molecule has 0 aromatic heterocycles. The standard InChI is InChI=1S/C27H30FN3O4/c28-23-7-9-24(10-8-23)29-16-18-31(19-17-29)26(33)20-35-27(34)22-12-14-30(15-13-22)25(32)11-6-21-4-2-1-3-5-21/h1-11,22H,12-20H2/b11-6+. The second-order valence-corrected chi connectivity index (χ2v) is 8.80. The fourth-order valence-electron chi connectivity index (χ4n) is 4.38. The van der Waals surface area contributed by atoms with Gasteiger partial charge in [-0.1, -0.05) is 30.3 Å². The Hall–Kier alpha value is -3.68. The maximum absolute atomic E-state index is 13.1. The number of hydrogen-bond donors (Lipinski definition) is 0. The van der Waals surface area contributed by atoms with Crippen LogP contribution in [0.2, 0.25) is 0 Å². The summed E-state index contributed by atoms with van der Waals surface area (Å²) in [4.78, 5) is 42.9. The van der Waals surface area contributed by atoms with Gasteiger partial charge >= 0.3 is 5.97 Å². The van der Waals surface area contributed by atoms with Crippen molar-refractivity contribution in [1.29, 1.82) is 0 Å². The summed E-state index contributed by atoms with van der Waals surface area (Å²) in [5.74, 6) is -1.25. The molecule has 4 rings (SSSR count). The summed E-state index contributed by atoms with van der Waals surface area (Å²) in [7, 11) is 0. The number of ether oxygens (including phenoxy) is 1. The summed E-state index contributed by atoms with van der Waals surface area (Å²) in [6, 6.07) is 15.9. The molecule has 2 heterocycles. The van der Waals surface area contributed by atoms with Crippen molar-refractivity contribution in [2.45, 2.75) is 12.8 Å². The molecule has 2 amide bonds. The number of nitrogens with zero attached hydrogens (tertiary/aromatic N) is 3. The number of rotatable bonds is 6. The SMILES string of the molecule is O=C(OCC(=O)N1CCN(c2ccc(F)cc2)CC1)C1CCN(C(=O)/C=C/c2ccccc2)CC1. The van der Waals surface area contributed by atoms with Crippen LogP contribution >= 0.6 is 0 Å². The highest BCUT2D eigenvalue weighted by Crippen LogP contribution is 2.20. The summed E-state index contributed by atoms with van der Waals surface area (Å²) in [5, 5.41) is 0. The Kier molecular flexibility index (Phi) is 8.13. The van der Waals surface area contributed by atoms with E-state index in [-0.39, 0.29) is 36.1 Å². The fourth-order valence-corrected chi connectivity index (χ4v) is 4.38. The molecule has 35 heavy (non-hydrogen) atoms. The van der Waals surface area contributed by atoms with E-state index in [0.717, 1.165) is 11.3 Å². The van der Waals surface area contributed by atoms with Gasteiger partial charge in [0.25, 0.3) is 5.91 Å². The molecule has 0 N–H and O–H groups in total. The summed E-state index contributed by atoms with van der Waals surface area (Å²) < 4.78 is 18.4. The number of halogens is 1. The monoisotopic (exact) mass is 479 g/mol. The highest BCUT2D eigenvalue weighted by Gasteiger charge is 2.29. The van der Waals surface area contributed by atoms with Crippen LogP contribution in [-0.4, -0.2) is 73.5 Å². The van der Waals surface area contributed by atoms with Crippen LogP contribution in [0.4, 0.5) is 10.1 Å². The molecule has 184 valence electrons. The lowest BCUT2D eigenvalue weighted by Crippen LogP contribution is -2.50. The molecule has 2 aliphatic heterocycles. The minimum atomic E-state index is -0.379. The van der Waals surface area contributed by atoms with E-state index >= 15 is 0 Å². The first-order valence-electron chi connectivity index (χ1n) is 12.0. The minimum Gasteiger partial charge on any atom is -0.455 e. The number of likely N-dealkylation sites (tertiary alicyclic amines) is 1. The molecule has 7 nitrogen and oxygen atoms in total. The maximum Gasteiger partial charge on any atom is 0.309 e. The first kappa shape index (κ1) is 24.4. The topological polar surface area (TPSA) is 70.2 Å². The fraction of sp³-hybridized carbons (Fsp3) is 0.370. The maximum atomic E-state index is 13.1. The van der Waals surface area contributed by atoms with E-state index in [4.69, 9.17) is 4.74 Å². The minimum absolute atomic E-state index is 0.0735. The zero-order valence-corrected chi connectivity index (χ0v) is 19.6. The van der Waals surface area contributed by atoms with Gasteiger partial charge in [0.15, 0.2) is 6.61 Å². The highest BCUT2D eigenvalue weighted by molar-refractivity contribution is 5.92. The number of esters is 1. The molecule has 0 bridgehead atoms. The molecule has 0 radical (unpaired) electrons. The van der Waals surface area contributed by atoms with E-state index < -0.39 is 0 Å². The van der Waals surface area contributed by atoms with Crippen LogP contribution < -0.4 is 4.90 Å². The lowest BCUT2D eigenvalue weighted by molar-refractivity contribution is -0.157. The predicted octanol–water partition coefficient (Wildman–Crippen LogP) is 2.97. The molecular formula is C27H30FN3O4. The second kappa shape index (κ2) is 11.6. The highest BCUT2D eigenvalue weighted by atomic mass is 19.1. The second-order valence-electron chi connectivity index (χ2n) is 8.80. The molecule has 2 aromatic rings. The van der Waals surface area contributed by atoms with Crippen LogP contribution in [0, 0.1) is 11.7 Å². The third-order valence-corrected chi connectivity index (χ3v) is 6.52. The molecule has 0 saturated carbocycles. The van der Waals surface area contributed by atoms with Crippen molar-refractivity contribution in [2.75, 3.05) is 50.8 Å². The number of carbonyl (C=O) groups is 3. The van der Waals surface area contributed by atoms with Crippen molar-refractivity contribution in [3.05, 3.63) is 72.1 Å². The van der Waals surface area contributed by atoms with Crippen LogP contribution in [0.1, 0.15) is 18.4 Å². The van der Waals surface area contributed by atoms with Gasteiger partial charge in [0.05, 0.1) is 5.92 Å². The number of anilines is 1. The van der Waals surface area contributed by atoms with Crippen molar-refractivity contribution < 1.29 is 23.5 Å². The largest absolute Gasteiger partial charge is 0.455 e. The predicted molar refractivity (Wildman–Crippen MR) is 131 cm³/mol. The van der Waals surface area contributed by atoms with Crippen LogP contribution in [0.3, 0.4) is 0 Å². The molecule has 0 spiro atoms. The van der Waals surface area contributed by atoms with E-state index in [0.29, 0.717) is 52.1 Å². The lowest BCUT2D eigenvalue weighted by Gasteiger charge is -2.36. The van der Waals surface area contributed by atoms with Crippen molar-refractivity contribution in [3.8, 4) is 0 Å². The van der Waals surface area contributed by atoms with Crippen LogP contribution in [-0.2, 0) is 19.1 Å². The number of benzene rings is 2. The van der Waals surface area contributed by atoms with E-state index in [9.17, 15) is 18.8 Å². The van der Waals surface area contributed by atoms with Gasteiger partial charge in [-0.15, -0.1) is 0 Å². The molecule has 2 aromatic carbocycles. The molecule has 2 fully saturated rings. The van der Waals surface area contributed by atoms with Gasteiger partial charge in [-0.2, -0.15) is 0 Å². The molecule has 8 heteroatoms.